The van der Waals surface area contributed by atoms with E-state index in [0.717, 1.165) is 24.6 Å². The number of primary sulfonamides is 1. The van der Waals surface area contributed by atoms with Gasteiger partial charge in [0.15, 0.2) is 0 Å². The van der Waals surface area contributed by atoms with Crippen molar-refractivity contribution in [3.63, 3.8) is 0 Å². The summed E-state index contributed by atoms with van der Waals surface area (Å²) in [5, 5.41) is 7.52. The molecule has 1 aromatic carbocycles. The number of carbonyl (C=O) groups excluding carboxylic acids is 1. The fourth-order valence-electron chi connectivity index (χ4n) is 1.40. The molecule has 0 radical (unpaired) electrons. The van der Waals surface area contributed by atoms with Crippen LogP contribution in [0.2, 0.25) is 0 Å². The van der Waals surface area contributed by atoms with E-state index in [2.05, 4.69) is 5.32 Å². The lowest BCUT2D eigenvalue weighted by Gasteiger charge is -2.22. The van der Waals surface area contributed by atoms with Gasteiger partial charge in [-0.1, -0.05) is 20.8 Å². The van der Waals surface area contributed by atoms with Gasteiger partial charge in [-0.3, -0.25) is 4.79 Å². The monoisotopic (exact) mass is 302 g/mol. The quantitative estimate of drug-likeness (QED) is 0.866. The molecule has 0 saturated heterocycles. The van der Waals surface area contributed by atoms with Crippen LogP contribution in [0.3, 0.4) is 0 Å². The first-order valence-electron chi connectivity index (χ1n) is 6.17. The van der Waals surface area contributed by atoms with Crippen LogP contribution in [-0.4, -0.2) is 20.9 Å². The highest BCUT2D eigenvalue weighted by molar-refractivity contribution is 7.89. The van der Waals surface area contributed by atoms with Crippen molar-refractivity contribution in [2.45, 2.75) is 32.1 Å². The van der Waals surface area contributed by atoms with Gasteiger partial charge in [-0.2, -0.15) is 0 Å². The summed E-state index contributed by atoms with van der Waals surface area (Å²) in [4.78, 5) is 11.5. The molecule has 0 aliphatic rings. The average Bonchev–Trinajstić information content (AvgIpc) is 2.35. The van der Waals surface area contributed by atoms with Crippen LogP contribution >= 0.6 is 0 Å². The number of carbonyl (C=O) groups is 1. The maximum absolute atomic E-state index is 13.8. The van der Waals surface area contributed by atoms with E-state index < -0.39 is 21.7 Å². The van der Waals surface area contributed by atoms with Gasteiger partial charge in [0.2, 0.25) is 10.0 Å². The van der Waals surface area contributed by atoms with Gasteiger partial charge in [0, 0.05) is 6.54 Å². The van der Waals surface area contributed by atoms with Crippen LogP contribution in [0.4, 0.5) is 4.39 Å². The normalized spacial score (nSPS) is 12.2. The number of sulfonamides is 1. The van der Waals surface area contributed by atoms with Gasteiger partial charge in [-0.25, -0.2) is 17.9 Å². The zero-order valence-corrected chi connectivity index (χ0v) is 12.6. The van der Waals surface area contributed by atoms with Crippen LogP contribution < -0.4 is 10.5 Å². The van der Waals surface area contributed by atoms with Crippen LogP contribution in [0.1, 0.15) is 37.6 Å². The zero-order chi connectivity index (χ0) is 15.6. The lowest BCUT2D eigenvalue weighted by atomic mass is 9.90. The first-order valence-corrected chi connectivity index (χ1v) is 7.72. The second-order valence-electron chi connectivity index (χ2n) is 5.39. The maximum Gasteiger partial charge on any atom is 0.254 e. The minimum atomic E-state index is -3.98. The molecule has 20 heavy (non-hydrogen) atoms. The summed E-state index contributed by atoms with van der Waals surface area (Å²) in [6.07, 6.45) is 0.861. The molecule has 1 amide bonds. The highest BCUT2D eigenvalue weighted by Crippen LogP contribution is 2.19. The summed E-state index contributed by atoms with van der Waals surface area (Å²) in [7, 11) is -3.98. The number of nitrogens with one attached hydrogen (secondary N) is 1. The van der Waals surface area contributed by atoms with Crippen LogP contribution in [0.5, 0.6) is 0 Å². The Balaban J connectivity index is 2.91. The second-order valence-corrected chi connectivity index (χ2v) is 6.95. The fourth-order valence-corrected chi connectivity index (χ4v) is 1.92. The van der Waals surface area contributed by atoms with Crippen LogP contribution in [0, 0.1) is 11.2 Å². The highest BCUT2D eigenvalue weighted by atomic mass is 32.2. The molecule has 0 unspecified atom stereocenters. The molecule has 5 nitrogen and oxygen atoms in total. The first kappa shape index (κ1) is 16.6. The van der Waals surface area contributed by atoms with E-state index in [1.165, 1.54) is 0 Å². The van der Waals surface area contributed by atoms with Crippen molar-refractivity contribution in [3.8, 4) is 0 Å². The SMILES string of the molecule is CCC(C)(C)CNC(=O)c1ccc(S(N)(=O)=O)cc1F. The smallest absolute Gasteiger partial charge is 0.254 e. The molecule has 0 spiro atoms. The fraction of sp³-hybridized carbons (Fsp3) is 0.462. The average molecular weight is 302 g/mol. The molecule has 0 saturated carbocycles. The first-order chi connectivity index (χ1) is 9.07. The Labute approximate surface area is 118 Å². The molecule has 0 atom stereocenters. The van der Waals surface area contributed by atoms with Crippen LogP contribution in [0.15, 0.2) is 23.1 Å². The van der Waals surface area contributed by atoms with Crippen LogP contribution in [0.25, 0.3) is 0 Å². The summed E-state index contributed by atoms with van der Waals surface area (Å²) in [5.41, 5.74) is -0.295. The Kier molecular flexibility index (Phi) is 4.88. The predicted octanol–water partition coefficient (Wildman–Crippen LogP) is 1.64. The molecule has 0 bridgehead atoms. The van der Waals surface area contributed by atoms with Gasteiger partial charge in [-0.05, 0) is 30.0 Å². The third-order valence-corrected chi connectivity index (χ3v) is 4.11. The third-order valence-electron chi connectivity index (χ3n) is 3.20. The van der Waals surface area contributed by atoms with Crippen LogP contribution in [-0.2, 0) is 10.0 Å². The number of rotatable bonds is 5. The lowest BCUT2D eigenvalue weighted by Crippen LogP contribution is -2.34. The van der Waals surface area contributed by atoms with E-state index in [1.54, 1.807) is 0 Å². The number of amides is 1. The van der Waals surface area contributed by atoms with Gasteiger partial charge in [0.25, 0.3) is 5.91 Å². The Morgan fingerprint density at radius 1 is 1.40 bits per heavy atom. The van der Waals surface area contributed by atoms with Crippen molar-refractivity contribution in [1.82, 2.24) is 5.32 Å². The molecule has 1 rings (SSSR count). The van der Waals surface area contributed by atoms with Crippen molar-refractivity contribution in [2.75, 3.05) is 6.54 Å². The number of halogens is 1. The number of hydrogen-bond donors (Lipinski definition) is 2. The van der Waals surface area contributed by atoms with Crippen molar-refractivity contribution in [2.24, 2.45) is 10.6 Å². The molecule has 7 heteroatoms. The Hall–Kier alpha value is -1.47. The molecule has 0 fully saturated rings. The van der Waals surface area contributed by atoms with Gasteiger partial charge < -0.3 is 5.32 Å². The van der Waals surface area contributed by atoms with E-state index in [-0.39, 0.29) is 15.9 Å². The molecule has 0 aromatic heterocycles. The van der Waals surface area contributed by atoms with Gasteiger partial charge in [0.1, 0.15) is 5.82 Å². The molecule has 112 valence electrons. The standard InChI is InChI=1S/C13H19FN2O3S/c1-4-13(2,3)8-16-12(17)10-6-5-9(7-11(10)14)20(15,18)19/h5-7H,4,8H2,1-3H3,(H,16,17)(H2,15,18,19). The van der Waals surface area contributed by atoms with Gasteiger partial charge in [0.05, 0.1) is 10.5 Å². The van der Waals surface area contributed by atoms with Crippen molar-refractivity contribution < 1.29 is 17.6 Å². The molecule has 3 N–H and O–H groups in total. The van der Waals surface area contributed by atoms with Gasteiger partial charge in [-0.15, -0.1) is 0 Å². The minimum absolute atomic E-state index is 0.0906. The maximum atomic E-state index is 13.8. The molecular weight excluding hydrogens is 283 g/mol. The minimum Gasteiger partial charge on any atom is -0.351 e. The summed E-state index contributed by atoms with van der Waals surface area (Å²) >= 11 is 0. The van der Waals surface area contributed by atoms with E-state index in [9.17, 15) is 17.6 Å². The van der Waals surface area contributed by atoms with E-state index in [0.29, 0.717) is 6.54 Å². The summed E-state index contributed by atoms with van der Waals surface area (Å²) in [6.45, 7) is 6.35. The largest absolute Gasteiger partial charge is 0.351 e. The Bertz CT molecular complexity index is 612. The van der Waals surface area contributed by atoms with Gasteiger partial charge >= 0.3 is 0 Å². The second kappa shape index (κ2) is 5.88. The molecular formula is C13H19FN2O3S. The Morgan fingerprint density at radius 2 is 2.00 bits per heavy atom. The summed E-state index contributed by atoms with van der Waals surface area (Å²) in [6, 6.07) is 2.97. The van der Waals surface area contributed by atoms with Crippen molar-refractivity contribution in [1.29, 1.82) is 0 Å². The number of hydrogen-bond acceptors (Lipinski definition) is 3. The highest BCUT2D eigenvalue weighted by Gasteiger charge is 2.19. The van der Waals surface area contributed by atoms with E-state index in [4.69, 9.17) is 5.14 Å². The van der Waals surface area contributed by atoms with Crippen molar-refractivity contribution >= 4 is 15.9 Å². The lowest BCUT2D eigenvalue weighted by molar-refractivity contribution is 0.0931. The topological polar surface area (TPSA) is 89.3 Å². The molecule has 0 heterocycles. The summed E-state index contributed by atoms with van der Waals surface area (Å²) in [5.74, 6) is -1.49. The zero-order valence-electron chi connectivity index (χ0n) is 11.7. The van der Waals surface area contributed by atoms with E-state index >= 15 is 0 Å². The molecule has 0 aliphatic heterocycles. The summed E-state index contributed by atoms with van der Waals surface area (Å²) < 4.78 is 35.9. The Morgan fingerprint density at radius 3 is 2.45 bits per heavy atom. The molecule has 1 aromatic rings. The van der Waals surface area contributed by atoms with E-state index in [1.807, 2.05) is 20.8 Å². The molecule has 0 aliphatic carbocycles. The van der Waals surface area contributed by atoms with Crippen molar-refractivity contribution in [3.05, 3.63) is 29.6 Å². The predicted molar refractivity (Wildman–Crippen MR) is 74.2 cm³/mol. The number of benzene rings is 1. The third kappa shape index (κ3) is 4.28. The number of nitrogens with two attached hydrogens (primary N) is 1.